The van der Waals surface area contributed by atoms with Gasteiger partial charge in [0.2, 0.25) is 5.91 Å². The molecule has 8 heteroatoms. The van der Waals surface area contributed by atoms with Crippen molar-refractivity contribution < 1.29 is 18.4 Å². The van der Waals surface area contributed by atoms with Gasteiger partial charge in [-0.3, -0.25) is 14.9 Å². The minimum atomic E-state index is -2.86. The maximum Gasteiger partial charge on any atom is 0.262 e. The number of anilines is 1. The molecule has 2 N–H and O–H groups in total. The van der Waals surface area contributed by atoms with Gasteiger partial charge in [-0.1, -0.05) is 25.2 Å². The minimum absolute atomic E-state index is 0.0229. The third kappa shape index (κ3) is 3.03. The molecule has 0 saturated carbocycles. The Balaban J connectivity index is 1.73. The lowest BCUT2D eigenvalue weighted by Gasteiger charge is -2.26. The number of amides is 1. The quantitative estimate of drug-likeness (QED) is 0.873. The maximum atomic E-state index is 13.1. The predicted molar refractivity (Wildman–Crippen MR) is 78.5 cm³/mol. The Morgan fingerprint density at radius 3 is 2.77 bits per heavy atom. The first-order valence-electron chi connectivity index (χ1n) is 7.10. The van der Waals surface area contributed by atoms with Crippen LogP contribution >= 0.6 is 11.3 Å². The molecule has 1 aliphatic heterocycles. The van der Waals surface area contributed by atoms with Gasteiger partial charge in [0.15, 0.2) is 10.9 Å². The van der Waals surface area contributed by atoms with Crippen LogP contribution in [-0.4, -0.2) is 35.2 Å². The van der Waals surface area contributed by atoms with Crippen LogP contribution in [-0.2, 0) is 11.2 Å². The van der Waals surface area contributed by atoms with E-state index in [1.165, 1.54) is 0 Å². The molecule has 1 aromatic heterocycles. The monoisotopic (exact) mass is 329 g/mol. The fraction of sp³-hybridized carbons (Fsp3) is 0.643. The van der Waals surface area contributed by atoms with E-state index in [0.717, 1.165) is 11.3 Å². The van der Waals surface area contributed by atoms with E-state index in [1.54, 1.807) is 0 Å². The van der Waals surface area contributed by atoms with E-state index in [2.05, 4.69) is 15.6 Å². The van der Waals surface area contributed by atoms with Crippen LogP contribution in [0.15, 0.2) is 0 Å². The molecule has 3 rings (SSSR count). The lowest BCUT2D eigenvalue weighted by atomic mass is 9.78. The molecule has 0 bridgehead atoms. The zero-order chi connectivity index (χ0) is 16.1. The van der Waals surface area contributed by atoms with Crippen molar-refractivity contribution >= 4 is 28.2 Å². The largest absolute Gasteiger partial charge is 0.301 e. The summed E-state index contributed by atoms with van der Waals surface area (Å²) in [7, 11) is 0. The van der Waals surface area contributed by atoms with E-state index >= 15 is 0 Å². The van der Waals surface area contributed by atoms with Crippen LogP contribution in [0.5, 0.6) is 0 Å². The van der Waals surface area contributed by atoms with Crippen molar-refractivity contribution in [3.05, 3.63) is 10.6 Å². The van der Waals surface area contributed by atoms with Crippen LogP contribution < -0.4 is 10.6 Å². The lowest BCUT2D eigenvalue weighted by molar-refractivity contribution is -0.118. The molecule has 1 amide bonds. The van der Waals surface area contributed by atoms with Gasteiger partial charge in [-0.25, -0.2) is 13.8 Å². The van der Waals surface area contributed by atoms with Crippen LogP contribution in [0.1, 0.15) is 42.1 Å². The topological polar surface area (TPSA) is 71.1 Å². The van der Waals surface area contributed by atoms with Crippen LogP contribution in [0.4, 0.5) is 13.9 Å². The minimum Gasteiger partial charge on any atom is -0.301 e. The smallest absolute Gasteiger partial charge is 0.262 e. The number of ketones is 1. The van der Waals surface area contributed by atoms with Crippen LogP contribution in [0.3, 0.4) is 0 Å². The highest BCUT2D eigenvalue weighted by atomic mass is 32.1. The van der Waals surface area contributed by atoms with E-state index in [1.807, 2.05) is 13.8 Å². The number of thiazole rings is 1. The summed E-state index contributed by atoms with van der Waals surface area (Å²) in [6.45, 7) is 3.50. The standard InChI is InChI=1S/C14H17F2N3O2S/c1-13(2)3-7-10(9(20)5-13)22-12(18-7)19-11(21)8-4-14(15,16)6-17-8/h8,17H,3-6H2,1-2H3,(H,18,19,21). The molecule has 0 radical (unpaired) electrons. The summed E-state index contributed by atoms with van der Waals surface area (Å²) in [4.78, 5) is 29.0. The third-order valence-corrected chi connectivity index (χ3v) is 4.95. The van der Waals surface area contributed by atoms with Gasteiger partial charge in [0.05, 0.1) is 23.2 Å². The van der Waals surface area contributed by atoms with Gasteiger partial charge in [0, 0.05) is 12.8 Å². The summed E-state index contributed by atoms with van der Waals surface area (Å²) in [5.74, 6) is -3.37. The second-order valence-electron chi connectivity index (χ2n) is 6.72. The number of Topliss-reactive ketones (excluding diaryl/α,β-unsaturated/α-hetero) is 1. The van der Waals surface area contributed by atoms with E-state index < -0.39 is 30.8 Å². The normalized spacial score (nSPS) is 25.8. The van der Waals surface area contributed by atoms with Gasteiger partial charge < -0.3 is 5.32 Å². The molecule has 0 aromatic carbocycles. The number of carbonyl (C=O) groups excluding carboxylic acids is 2. The van der Waals surface area contributed by atoms with Crippen LogP contribution in [0, 0.1) is 5.41 Å². The number of nitrogens with zero attached hydrogens (tertiary/aromatic N) is 1. The Bertz CT molecular complexity index is 642. The number of halogens is 2. The molecule has 5 nitrogen and oxygen atoms in total. The molecular weight excluding hydrogens is 312 g/mol. The summed E-state index contributed by atoms with van der Waals surface area (Å²) >= 11 is 1.12. The Labute approximate surface area is 130 Å². The molecule has 120 valence electrons. The molecule has 0 spiro atoms. The SMILES string of the molecule is CC1(C)CC(=O)c2sc(NC(=O)C3CC(F)(F)CN3)nc2C1. The summed E-state index contributed by atoms with van der Waals surface area (Å²) in [5, 5.41) is 5.35. The second-order valence-corrected chi connectivity index (χ2v) is 7.72. The highest BCUT2D eigenvalue weighted by Crippen LogP contribution is 2.38. The van der Waals surface area contributed by atoms with E-state index in [0.29, 0.717) is 28.5 Å². The van der Waals surface area contributed by atoms with Crippen molar-refractivity contribution in [2.45, 2.75) is 45.1 Å². The van der Waals surface area contributed by atoms with Crippen LogP contribution in [0.2, 0.25) is 0 Å². The Kier molecular flexibility index (Phi) is 3.56. The average Bonchev–Trinajstić information content (AvgIpc) is 2.91. The fourth-order valence-corrected chi connectivity index (χ4v) is 3.79. The first kappa shape index (κ1) is 15.5. The van der Waals surface area contributed by atoms with Crippen molar-refractivity contribution in [2.75, 3.05) is 11.9 Å². The van der Waals surface area contributed by atoms with Crippen molar-refractivity contribution in [1.29, 1.82) is 0 Å². The number of hydrogen-bond acceptors (Lipinski definition) is 5. The van der Waals surface area contributed by atoms with E-state index in [4.69, 9.17) is 0 Å². The number of carbonyl (C=O) groups is 2. The molecular formula is C14H17F2N3O2S. The number of alkyl halides is 2. The van der Waals surface area contributed by atoms with E-state index in [9.17, 15) is 18.4 Å². The molecule has 1 fully saturated rings. The Morgan fingerprint density at radius 1 is 1.41 bits per heavy atom. The molecule has 22 heavy (non-hydrogen) atoms. The fourth-order valence-electron chi connectivity index (χ4n) is 2.87. The molecule has 1 aromatic rings. The second kappa shape index (κ2) is 5.06. The summed E-state index contributed by atoms with van der Waals surface area (Å²) in [6, 6.07) is -0.928. The molecule has 1 unspecified atom stereocenters. The zero-order valence-corrected chi connectivity index (χ0v) is 13.2. The van der Waals surface area contributed by atoms with Gasteiger partial charge in [-0.2, -0.15) is 0 Å². The molecule has 1 saturated heterocycles. The van der Waals surface area contributed by atoms with Crippen molar-refractivity contribution in [2.24, 2.45) is 5.41 Å². The van der Waals surface area contributed by atoms with E-state index in [-0.39, 0.29) is 11.2 Å². The highest BCUT2D eigenvalue weighted by Gasteiger charge is 2.42. The third-order valence-electron chi connectivity index (χ3n) is 3.89. The van der Waals surface area contributed by atoms with Gasteiger partial charge in [-0.15, -0.1) is 0 Å². The first-order chi connectivity index (χ1) is 10.2. The Hall–Kier alpha value is -1.41. The molecule has 1 aliphatic carbocycles. The van der Waals surface area contributed by atoms with Gasteiger partial charge >= 0.3 is 0 Å². The number of fused-ring (bicyclic) bond motifs is 1. The number of aromatic nitrogens is 1. The zero-order valence-electron chi connectivity index (χ0n) is 12.3. The number of rotatable bonds is 2. The summed E-state index contributed by atoms with van der Waals surface area (Å²) in [5.41, 5.74) is 0.542. The molecule has 2 heterocycles. The number of nitrogens with one attached hydrogen (secondary N) is 2. The van der Waals surface area contributed by atoms with Crippen molar-refractivity contribution in [1.82, 2.24) is 10.3 Å². The van der Waals surface area contributed by atoms with Crippen LogP contribution in [0.25, 0.3) is 0 Å². The lowest BCUT2D eigenvalue weighted by Crippen LogP contribution is -2.35. The summed E-state index contributed by atoms with van der Waals surface area (Å²) < 4.78 is 26.2. The predicted octanol–water partition coefficient (Wildman–Crippen LogP) is 2.23. The Morgan fingerprint density at radius 2 is 2.14 bits per heavy atom. The number of hydrogen-bond donors (Lipinski definition) is 2. The average molecular weight is 329 g/mol. The highest BCUT2D eigenvalue weighted by molar-refractivity contribution is 7.17. The van der Waals surface area contributed by atoms with Gasteiger partial charge in [-0.05, 0) is 11.8 Å². The van der Waals surface area contributed by atoms with Crippen molar-refractivity contribution in [3.63, 3.8) is 0 Å². The molecule has 1 atom stereocenters. The first-order valence-corrected chi connectivity index (χ1v) is 7.92. The van der Waals surface area contributed by atoms with Crippen molar-refractivity contribution in [3.8, 4) is 0 Å². The molecule has 2 aliphatic rings. The maximum absolute atomic E-state index is 13.1. The summed E-state index contributed by atoms with van der Waals surface area (Å²) in [6.07, 6.45) is 0.599. The van der Waals surface area contributed by atoms with Gasteiger partial charge in [0.25, 0.3) is 5.92 Å². The van der Waals surface area contributed by atoms with Gasteiger partial charge in [0.1, 0.15) is 0 Å².